The van der Waals surface area contributed by atoms with Gasteiger partial charge in [-0.2, -0.15) is 0 Å². The minimum Gasteiger partial charge on any atom is -0.497 e. The molecule has 2 aromatic rings. The maximum Gasteiger partial charge on any atom is 0.212 e. The Balaban J connectivity index is 2.41. The summed E-state index contributed by atoms with van der Waals surface area (Å²) >= 11 is 0. The predicted octanol–water partition coefficient (Wildman–Crippen LogP) is 2.35. The predicted molar refractivity (Wildman–Crippen MR) is 67.2 cm³/mol. The van der Waals surface area contributed by atoms with Gasteiger partial charge in [0.2, 0.25) is 5.88 Å². The van der Waals surface area contributed by atoms with Crippen molar-refractivity contribution < 1.29 is 9.47 Å². The first-order valence-electron chi connectivity index (χ1n) is 5.18. The molecule has 1 heterocycles. The first kappa shape index (κ1) is 11.3. The molecule has 0 aliphatic rings. The third-order valence-electron chi connectivity index (χ3n) is 2.44. The van der Waals surface area contributed by atoms with Gasteiger partial charge in [-0.25, -0.2) is 4.98 Å². The molecule has 0 amide bonds. The molecule has 0 spiro atoms. The molecule has 4 nitrogen and oxygen atoms in total. The number of anilines is 1. The lowest BCUT2D eigenvalue weighted by Gasteiger charge is -2.07. The van der Waals surface area contributed by atoms with Crippen LogP contribution in [0.4, 0.5) is 5.69 Å². The Morgan fingerprint density at radius 3 is 2.41 bits per heavy atom. The van der Waals surface area contributed by atoms with E-state index in [0.29, 0.717) is 11.6 Å². The van der Waals surface area contributed by atoms with E-state index >= 15 is 0 Å². The van der Waals surface area contributed by atoms with Crippen molar-refractivity contribution in [2.45, 2.75) is 0 Å². The van der Waals surface area contributed by atoms with Crippen molar-refractivity contribution in [3.63, 3.8) is 0 Å². The van der Waals surface area contributed by atoms with Gasteiger partial charge in [0, 0.05) is 29.6 Å². The molecule has 4 heteroatoms. The highest BCUT2D eigenvalue weighted by atomic mass is 16.5. The SMILES string of the molecule is COc1cc(N)cc(-c2ccc(OC)nc2)c1. The van der Waals surface area contributed by atoms with Crippen LogP contribution in [0.2, 0.25) is 0 Å². The Kier molecular flexibility index (Phi) is 3.14. The molecule has 0 bridgehead atoms. The molecule has 2 N–H and O–H groups in total. The standard InChI is InChI=1S/C13H14N2O2/c1-16-12-6-10(5-11(14)7-12)9-3-4-13(17-2)15-8-9/h3-8H,14H2,1-2H3. The van der Waals surface area contributed by atoms with Crippen LogP contribution in [0.15, 0.2) is 36.5 Å². The number of nitrogen functional groups attached to an aromatic ring is 1. The monoisotopic (exact) mass is 230 g/mol. The van der Waals surface area contributed by atoms with E-state index in [1.54, 1.807) is 26.5 Å². The summed E-state index contributed by atoms with van der Waals surface area (Å²) < 4.78 is 10.2. The fourth-order valence-electron chi connectivity index (χ4n) is 1.58. The minimum absolute atomic E-state index is 0.588. The van der Waals surface area contributed by atoms with Crippen LogP contribution in [0.25, 0.3) is 11.1 Å². The lowest BCUT2D eigenvalue weighted by Crippen LogP contribution is -1.91. The van der Waals surface area contributed by atoms with Gasteiger partial charge in [0.1, 0.15) is 5.75 Å². The van der Waals surface area contributed by atoms with Gasteiger partial charge in [-0.05, 0) is 23.8 Å². The minimum atomic E-state index is 0.588. The molecule has 0 atom stereocenters. The van der Waals surface area contributed by atoms with Crippen molar-refractivity contribution in [2.75, 3.05) is 20.0 Å². The van der Waals surface area contributed by atoms with E-state index in [1.807, 2.05) is 24.3 Å². The summed E-state index contributed by atoms with van der Waals surface area (Å²) in [4.78, 5) is 4.15. The van der Waals surface area contributed by atoms with E-state index in [2.05, 4.69) is 4.98 Å². The molecule has 2 rings (SSSR count). The average molecular weight is 230 g/mol. The first-order chi connectivity index (χ1) is 8.22. The molecule has 0 saturated heterocycles. The molecule has 0 aliphatic heterocycles. The lowest BCUT2D eigenvalue weighted by atomic mass is 10.1. The van der Waals surface area contributed by atoms with E-state index in [0.717, 1.165) is 16.9 Å². The zero-order valence-electron chi connectivity index (χ0n) is 9.81. The quantitative estimate of drug-likeness (QED) is 0.822. The summed E-state index contributed by atoms with van der Waals surface area (Å²) in [6.45, 7) is 0. The highest BCUT2D eigenvalue weighted by Crippen LogP contribution is 2.27. The van der Waals surface area contributed by atoms with E-state index < -0.39 is 0 Å². The number of hydrogen-bond acceptors (Lipinski definition) is 4. The Bertz CT molecular complexity index is 509. The van der Waals surface area contributed by atoms with Gasteiger partial charge in [0.25, 0.3) is 0 Å². The molecule has 1 aromatic heterocycles. The molecule has 17 heavy (non-hydrogen) atoms. The number of aromatic nitrogens is 1. The van der Waals surface area contributed by atoms with Crippen molar-refractivity contribution >= 4 is 5.69 Å². The number of pyridine rings is 1. The van der Waals surface area contributed by atoms with Gasteiger partial charge >= 0.3 is 0 Å². The lowest BCUT2D eigenvalue weighted by molar-refractivity contribution is 0.398. The van der Waals surface area contributed by atoms with Crippen LogP contribution >= 0.6 is 0 Å². The number of nitrogens with zero attached hydrogens (tertiary/aromatic N) is 1. The fraction of sp³-hybridized carbons (Fsp3) is 0.154. The fourth-order valence-corrected chi connectivity index (χ4v) is 1.58. The number of nitrogens with two attached hydrogens (primary N) is 1. The van der Waals surface area contributed by atoms with Crippen molar-refractivity contribution in [1.29, 1.82) is 0 Å². The van der Waals surface area contributed by atoms with Crippen molar-refractivity contribution in [3.8, 4) is 22.8 Å². The zero-order valence-corrected chi connectivity index (χ0v) is 9.81. The Morgan fingerprint density at radius 2 is 1.82 bits per heavy atom. The number of hydrogen-bond donors (Lipinski definition) is 1. The molecular formula is C13H14N2O2. The maximum atomic E-state index is 5.80. The summed E-state index contributed by atoms with van der Waals surface area (Å²) in [5.41, 5.74) is 8.40. The number of ether oxygens (including phenoxy) is 2. The molecule has 1 aromatic carbocycles. The summed E-state index contributed by atoms with van der Waals surface area (Å²) in [6, 6.07) is 9.32. The first-order valence-corrected chi connectivity index (χ1v) is 5.18. The Labute approximate surface area is 100 Å². The van der Waals surface area contributed by atoms with E-state index in [-0.39, 0.29) is 0 Å². The van der Waals surface area contributed by atoms with Crippen LogP contribution in [0.5, 0.6) is 11.6 Å². The van der Waals surface area contributed by atoms with Gasteiger partial charge in [-0.1, -0.05) is 0 Å². The van der Waals surface area contributed by atoms with Crippen molar-refractivity contribution in [2.24, 2.45) is 0 Å². The van der Waals surface area contributed by atoms with Crippen LogP contribution in [0.1, 0.15) is 0 Å². The highest BCUT2D eigenvalue weighted by molar-refractivity contribution is 5.69. The summed E-state index contributed by atoms with van der Waals surface area (Å²) in [7, 11) is 3.20. The normalized spacial score (nSPS) is 10.0. The van der Waals surface area contributed by atoms with Crippen LogP contribution < -0.4 is 15.2 Å². The highest BCUT2D eigenvalue weighted by Gasteiger charge is 2.03. The van der Waals surface area contributed by atoms with Crippen molar-refractivity contribution in [3.05, 3.63) is 36.5 Å². The van der Waals surface area contributed by atoms with Crippen LogP contribution in [0, 0.1) is 0 Å². The van der Waals surface area contributed by atoms with Crippen LogP contribution in [-0.2, 0) is 0 Å². The third kappa shape index (κ3) is 2.47. The molecular weight excluding hydrogens is 216 g/mol. The average Bonchev–Trinajstić information content (AvgIpc) is 2.38. The molecule has 0 saturated carbocycles. The largest absolute Gasteiger partial charge is 0.497 e. The van der Waals surface area contributed by atoms with Crippen LogP contribution in [0.3, 0.4) is 0 Å². The number of benzene rings is 1. The second kappa shape index (κ2) is 4.74. The van der Waals surface area contributed by atoms with E-state index in [1.165, 1.54) is 0 Å². The van der Waals surface area contributed by atoms with E-state index in [9.17, 15) is 0 Å². The molecule has 0 fully saturated rings. The van der Waals surface area contributed by atoms with E-state index in [4.69, 9.17) is 15.2 Å². The van der Waals surface area contributed by atoms with Gasteiger partial charge in [-0.15, -0.1) is 0 Å². The molecule has 0 radical (unpaired) electrons. The smallest absolute Gasteiger partial charge is 0.212 e. The second-order valence-corrected chi connectivity index (χ2v) is 3.58. The third-order valence-corrected chi connectivity index (χ3v) is 2.44. The van der Waals surface area contributed by atoms with Gasteiger partial charge in [0.15, 0.2) is 0 Å². The topological polar surface area (TPSA) is 57.4 Å². The van der Waals surface area contributed by atoms with Crippen LogP contribution in [-0.4, -0.2) is 19.2 Å². The Morgan fingerprint density at radius 1 is 1.00 bits per heavy atom. The number of rotatable bonds is 3. The van der Waals surface area contributed by atoms with Gasteiger partial charge in [-0.3, -0.25) is 0 Å². The zero-order chi connectivity index (χ0) is 12.3. The molecule has 0 unspecified atom stereocenters. The van der Waals surface area contributed by atoms with Gasteiger partial charge < -0.3 is 15.2 Å². The molecule has 0 aliphatic carbocycles. The van der Waals surface area contributed by atoms with Crippen molar-refractivity contribution in [1.82, 2.24) is 4.98 Å². The Hall–Kier alpha value is -2.23. The summed E-state index contributed by atoms with van der Waals surface area (Å²) in [6.07, 6.45) is 1.74. The maximum absolute atomic E-state index is 5.80. The second-order valence-electron chi connectivity index (χ2n) is 3.58. The number of methoxy groups -OCH3 is 2. The summed E-state index contributed by atoms with van der Waals surface area (Å²) in [5, 5.41) is 0. The summed E-state index contributed by atoms with van der Waals surface area (Å²) in [5.74, 6) is 1.32. The van der Waals surface area contributed by atoms with Gasteiger partial charge in [0.05, 0.1) is 14.2 Å². The molecule has 88 valence electrons.